The van der Waals surface area contributed by atoms with E-state index in [0.29, 0.717) is 18.3 Å². The summed E-state index contributed by atoms with van der Waals surface area (Å²) in [6, 6.07) is 3.92. The van der Waals surface area contributed by atoms with Gasteiger partial charge in [-0.05, 0) is 30.7 Å². The number of aromatic nitrogens is 2. The Morgan fingerprint density at radius 1 is 1.50 bits per heavy atom. The SMILES string of the molecule is COCC(N)c1nc(-c2ccc(F)cc2C)no1. The number of rotatable bonds is 4. The Labute approximate surface area is 104 Å². The molecule has 2 rings (SSSR count). The van der Waals surface area contributed by atoms with Crippen LogP contribution >= 0.6 is 0 Å². The molecule has 1 aromatic carbocycles. The number of aryl methyl sites for hydroxylation is 1. The molecule has 0 fully saturated rings. The molecule has 96 valence electrons. The Morgan fingerprint density at radius 3 is 2.94 bits per heavy atom. The summed E-state index contributed by atoms with van der Waals surface area (Å²) in [7, 11) is 1.54. The summed E-state index contributed by atoms with van der Waals surface area (Å²) in [6.07, 6.45) is 0. The van der Waals surface area contributed by atoms with Crippen LogP contribution in [-0.4, -0.2) is 23.9 Å². The lowest BCUT2D eigenvalue weighted by molar-refractivity contribution is 0.166. The van der Waals surface area contributed by atoms with Gasteiger partial charge in [0, 0.05) is 12.7 Å². The molecule has 0 bridgehead atoms. The third-order valence-electron chi connectivity index (χ3n) is 2.53. The molecule has 0 aliphatic heterocycles. The van der Waals surface area contributed by atoms with Crippen molar-refractivity contribution in [2.75, 3.05) is 13.7 Å². The largest absolute Gasteiger partial charge is 0.383 e. The molecule has 1 heterocycles. The first-order valence-corrected chi connectivity index (χ1v) is 5.46. The molecule has 0 aliphatic carbocycles. The van der Waals surface area contributed by atoms with Gasteiger partial charge in [-0.2, -0.15) is 4.98 Å². The summed E-state index contributed by atoms with van der Waals surface area (Å²) >= 11 is 0. The van der Waals surface area contributed by atoms with Crippen molar-refractivity contribution in [2.24, 2.45) is 5.73 Å². The van der Waals surface area contributed by atoms with Crippen LogP contribution in [0.15, 0.2) is 22.7 Å². The number of hydrogen-bond acceptors (Lipinski definition) is 5. The predicted octanol–water partition coefficient (Wildman–Crippen LogP) is 1.83. The first kappa shape index (κ1) is 12.7. The number of nitrogens with two attached hydrogens (primary N) is 1. The Hall–Kier alpha value is -1.79. The normalized spacial score (nSPS) is 12.7. The van der Waals surface area contributed by atoms with E-state index in [9.17, 15) is 4.39 Å². The standard InChI is InChI=1S/C12H14FN3O2/c1-7-5-8(13)3-4-9(7)11-15-12(18-16-11)10(14)6-17-2/h3-5,10H,6,14H2,1-2H3. The summed E-state index contributed by atoms with van der Waals surface area (Å²) in [4.78, 5) is 4.18. The molecule has 0 amide bonds. The number of benzene rings is 1. The summed E-state index contributed by atoms with van der Waals surface area (Å²) in [5, 5.41) is 3.84. The van der Waals surface area contributed by atoms with Crippen molar-refractivity contribution in [2.45, 2.75) is 13.0 Å². The van der Waals surface area contributed by atoms with Crippen LogP contribution in [0.5, 0.6) is 0 Å². The van der Waals surface area contributed by atoms with Gasteiger partial charge in [0.05, 0.1) is 6.61 Å². The number of hydrogen-bond donors (Lipinski definition) is 1. The van der Waals surface area contributed by atoms with Crippen LogP contribution in [0.25, 0.3) is 11.4 Å². The van der Waals surface area contributed by atoms with Crippen LogP contribution in [0, 0.1) is 12.7 Å². The summed E-state index contributed by atoms with van der Waals surface area (Å²) in [5.74, 6) is 0.403. The minimum absolute atomic E-state index is 0.295. The van der Waals surface area contributed by atoms with Crippen molar-refractivity contribution in [1.82, 2.24) is 10.1 Å². The zero-order chi connectivity index (χ0) is 13.1. The average molecular weight is 251 g/mol. The summed E-state index contributed by atoms with van der Waals surface area (Å²) in [5.41, 5.74) is 7.23. The molecule has 0 radical (unpaired) electrons. The predicted molar refractivity (Wildman–Crippen MR) is 63.2 cm³/mol. The highest BCUT2D eigenvalue weighted by atomic mass is 19.1. The number of halogens is 1. The second-order valence-electron chi connectivity index (χ2n) is 3.98. The molecular weight excluding hydrogens is 237 g/mol. The quantitative estimate of drug-likeness (QED) is 0.897. The van der Waals surface area contributed by atoms with Gasteiger partial charge in [-0.3, -0.25) is 0 Å². The highest BCUT2D eigenvalue weighted by Crippen LogP contribution is 2.22. The summed E-state index contributed by atoms with van der Waals surface area (Å²) < 4.78 is 23.0. The van der Waals surface area contributed by atoms with E-state index in [-0.39, 0.29) is 5.82 Å². The molecule has 18 heavy (non-hydrogen) atoms. The van der Waals surface area contributed by atoms with Gasteiger partial charge in [-0.15, -0.1) is 0 Å². The van der Waals surface area contributed by atoms with E-state index in [1.54, 1.807) is 20.1 Å². The zero-order valence-corrected chi connectivity index (χ0v) is 10.2. The second-order valence-corrected chi connectivity index (χ2v) is 3.98. The fraction of sp³-hybridized carbons (Fsp3) is 0.333. The van der Waals surface area contributed by atoms with Gasteiger partial charge in [-0.25, -0.2) is 4.39 Å². The van der Waals surface area contributed by atoms with Crippen LogP contribution in [0.3, 0.4) is 0 Å². The fourth-order valence-corrected chi connectivity index (χ4v) is 1.62. The van der Waals surface area contributed by atoms with E-state index in [1.165, 1.54) is 12.1 Å². The van der Waals surface area contributed by atoms with E-state index in [0.717, 1.165) is 11.1 Å². The molecule has 2 aromatic rings. The van der Waals surface area contributed by atoms with Gasteiger partial charge in [-0.1, -0.05) is 5.16 Å². The molecular formula is C12H14FN3O2. The molecule has 0 saturated heterocycles. The minimum Gasteiger partial charge on any atom is -0.383 e. The monoisotopic (exact) mass is 251 g/mol. The Kier molecular flexibility index (Phi) is 3.69. The Bertz CT molecular complexity index is 542. The lowest BCUT2D eigenvalue weighted by Gasteiger charge is -2.03. The molecule has 0 saturated carbocycles. The van der Waals surface area contributed by atoms with Gasteiger partial charge < -0.3 is 15.0 Å². The number of ether oxygens (including phenoxy) is 1. The first-order chi connectivity index (χ1) is 8.61. The zero-order valence-electron chi connectivity index (χ0n) is 10.2. The van der Waals surface area contributed by atoms with Crippen LogP contribution in [0.4, 0.5) is 4.39 Å². The van der Waals surface area contributed by atoms with Gasteiger partial charge in [0.25, 0.3) is 0 Å². The van der Waals surface area contributed by atoms with Crippen molar-refractivity contribution in [1.29, 1.82) is 0 Å². The average Bonchev–Trinajstić information content (AvgIpc) is 2.78. The molecule has 0 aliphatic rings. The van der Waals surface area contributed by atoms with E-state index in [4.69, 9.17) is 15.0 Å². The molecule has 1 unspecified atom stereocenters. The molecule has 5 nitrogen and oxygen atoms in total. The van der Waals surface area contributed by atoms with Gasteiger partial charge >= 0.3 is 0 Å². The van der Waals surface area contributed by atoms with Crippen molar-refractivity contribution in [3.05, 3.63) is 35.5 Å². The second kappa shape index (κ2) is 5.24. The van der Waals surface area contributed by atoms with Crippen molar-refractivity contribution < 1.29 is 13.7 Å². The molecule has 6 heteroatoms. The van der Waals surface area contributed by atoms with Crippen LogP contribution in [0.2, 0.25) is 0 Å². The van der Waals surface area contributed by atoms with E-state index in [1.807, 2.05) is 0 Å². The third-order valence-corrected chi connectivity index (χ3v) is 2.53. The smallest absolute Gasteiger partial charge is 0.246 e. The molecule has 0 spiro atoms. The lowest BCUT2D eigenvalue weighted by Crippen LogP contribution is -2.16. The van der Waals surface area contributed by atoms with E-state index >= 15 is 0 Å². The van der Waals surface area contributed by atoms with Gasteiger partial charge in [0.2, 0.25) is 11.7 Å². The Morgan fingerprint density at radius 2 is 2.28 bits per heavy atom. The fourth-order valence-electron chi connectivity index (χ4n) is 1.62. The number of nitrogens with zero attached hydrogens (tertiary/aromatic N) is 2. The summed E-state index contributed by atoms with van der Waals surface area (Å²) in [6.45, 7) is 2.08. The highest BCUT2D eigenvalue weighted by molar-refractivity contribution is 5.59. The maximum atomic E-state index is 13.0. The molecule has 1 atom stereocenters. The maximum Gasteiger partial charge on any atom is 0.246 e. The van der Waals surface area contributed by atoms with Crippen LogP contribution < -0.4 is 5.73 Å². The molecule has 2 N–H and O–H groups in total. The minimum atomic E-state index is -0.461. The third kappa shape index (κ3) is 2.55. The van der Waals surface area contributed by atoms with Gasteiger partial charge in [0.1, 0.15) is 11.9 Å². The lowest BCUT2D eigenvalue weighted by atomic mass is 10.1. The first-order valence-electron chi connectivity index (χ1n) is 5.46. The van der Waals surface area contributed by atoms with Crippen LogP contribution in [0.1, 0.15) is 17.5 Å². The van der Waals surface area contributed by atoms with Crippen molar-refractivity contribution in [3.63, 3.8) is 0 Å². The highest BCUT2D eigenvalue weighted by Gasteiger charge is 2.16. The molecule has 1 aromatic heterocycles. The van der Waals surface area contributed by atoms with E-state index < -0.39 is 6.04 Å². The van der Waals surface area contributed by atoms with Crippen LogP contribution in [-0.2, 0) is 4.74 Å². The van der Waals surface area contributed by atoms with Crippen molar-refractivity contribution >= 4 is 0 Å². The number of methoxy groups -OCH3 is 1. The van der Waals surface area contributed by atoms with E-state index in [2.05, 4.69) is 10.1 Å². The van der Waals surface area contributed by atoms with Gasteiger partial charge in [0.15, 0.2) is 0 Å². The Balaban J connectivity index is 2.29. The topological polar surface area (TPSA) is 74.2 Å². The maximum absolute atomic E-state index is 13.0. The van der Waals surface area contributed by atoms with Crippen molar-refractivity contribution in [3.8, 4) is 11.4 Å².